The number of nitrogens with zero attached hydrogens (tertiary/aromatic N) is 4. The van der Waals surface area contributed by atoms with E-state index in [1.54, 1.807) is 18.5 Å². The standard InChI is InChI=1S/C16H17FN6O/c17-10-4-3-5-11(8-10)20-14-13-15(22-16(18)21-14)23(9-19-13)12-6-1-2-7-24-12/h3-5,8-9,12H,1-2,6-7H2,(H3,18,20,21,22). The number of nitrogens with two attached hydrogens (primary N) is 1. The summed E-state index contributed by atoms with van der Waals surface area (Å²) < 4.78 is 21.1. The van der Waals surface area contributed by atoms with Crippen LogP contribution in [0.25, 0.3) is 11.2 Å². The number of rotatable bonds is 3. The number of aromatic nitrogens is 4. The van der Waals surface area contributed by atoms with Crippen LogP contribution in [0.5, 0.6) is 0 Å². The summed E-state index contributed by atoms with van der Waals surface area (Å²) in [4.78, 5) is 12.9. The second-order valence-electron chi connectivity index (χ2n) is 5.71. The molecule has 1 atom stereocenters. The molecule has 1 aliphatic rings. The van der Waals surface area contributed by atoms with Crippen LogP contribution in [0.15, 0.2) is 30.6 Å². The van der Waals surface area contributed by atoms with Crippen molar-refractivity contribution in [2.24, 2.45) is 0 Å². The molecular weight excluding hydrogens is 311 g/mol. The van der Waals surface area contributed by atoms with E-state index in [1.807, 2.05) is 4.57 Å². The lowest BCUT2D eigenvalue weighted by Crippen LogP contribution is -2.18. The summed E-state index contributed by atoms with van der Waals surface area (Å²) in [5.41, 5.74) is 7.59. The molecule has 1 fully saturated rings. The lowest BCUT2D eigenvalue weighted by molar-refractivity contribution is -0.0298. The summed E-state index contributed by atoms with van der Waals surface area (Å²) in [7, 11) is 0. The highest BCUT2D eigenvalue weighted by molar-refractivity contribution is 5.86. The number of hydrogen-bond donors (Lipinski definition) is 2. The van der Waals surface area contributed by atoms with Gasteiger partial charge in [0.1, 0.15) is 12.0 Å². The molecule has 1 unspecified atom stereocenters. The second kappa shape index (κ2) is 6.04. The van der Waals surface area contributed by atoms with Crippen molar-refractivity contribution in [2.45, 2.75) is 25.5 Å². The molecule has 1 aromatic carbocycles. The van der Waals surface area contributed by atoms with Crippen LogP contribution in [-0.4, -0.2) is 26.1 Å². The fourth-order valence-electron chi connectivity index (χ4n) is 2.88. The third kappa shape index (κ3) is 2.76. The van der Waals surface area contributed by atoms with E-state index < -0.39 is 0 Å². The van der Waals surface area contributed by atoms with Gasteiger partial charge in [0.15, 0.2) is 17.0 Å². The third-order valence-corrected chi connectivity index (χ3v) is 3.99. The molecule has 1 saturated heterocycles. The Hall–Kier alpha value is -2.74. The van der Waals surface area contributed by atoms with Crippen molar-refractivity contribution >= 4 is 28.6 Å². The van der Waals surface area contributed by atoms with Crippen molar-refractivity contribution < 1.29 is 9.13 Å². The van der Waals surface area contributed by atoms with E-state index in [0.717, 1.165) is 25.9 Å². The van der Waals surface area contributed by atoms with Crippen LogP contribution in [0.4, 0.5) is 21.8 Å². The van der Waals surface area contributed by atoms with Crippen LogP contribution < -0.4 is 11.1 Å². The molecule has 0 aliphatic carbocycles. The van der Waals surface area contributed by atoms with Crippen LogP contribution in [0.2, 0.25) is 0 Å². The predicted octanol–water partition coefficient (Wildman–Crippen LogP) is 2.99. The molecule has 0 amide bonds. The second-order valence-corrected chi connectivity index (χ2v) is 5.71. The Morgan fingerprint density at radius 3 is 3.00 bits per heavy atom. The Morgan fingerprint density at radius 1 is 1.29 bits per heavy atom. The molecule has 0 radical (unpaired) electrons. The first kappa shape index (κ1) is 14.8. The highest BCUT2D eigenvalue weighted by atomic mass is 19.1. The fourth-order valence-corrected chi connectivity index (χ4v) is 2.88. The molecule has 0 saturated carbocycles. The van der Waals surface area contributed by atoms with E-state index in [9.17, 15) is 4.39 Å². The summed E-state index contributed by atoms with van der Waals surface area (Å²) in [5.74, 6) is 0.232. The van der Waals surface area contributed by atoms with E-state index in [4.69, 9.17) is 10.5 Å². The number of ether oxygens (including phenoxy) is 1. The van der Waals surface area contributed by atoms with Crippen molar-refractivity contribution in [2.75, 3.05) is 17.7 Å². The first-order valence-corrected chi connectivity index (χ1v) is 7.85. The third-order valence-electron chi connectivity index (χ3n) is 3.99. The summed E-state index contributed by atoms with van der Waals surface area (Å²) in [6, 6.07) is 6.12. The van der Waals surface area contributed by atoms with Gasteiger partial charge in [-0.25, -0.2) is 9.37 Å². The van der Waals surface area contributed by atoms with Crippen LogP contribution in [0, 0.1) is 5.82 Å². The molecule has 3 aromatic rings. The number of imidazole rings is 1. The van der Waals surface area contributed by atoms with E-state index in [1.165, 1.54) is 12.1 Å². The van der Waals surface area contributed by atoms with Crippen LogP contribution in [0.3, 0.4) is 0 Å². The smallest absolute Gasteiger partial charge is 0.224 e. The lowest BCUT2D eigenvalue weighted by Gasteiger charge is -2.23. The fraction of sp³-hybridized carbons (Fsp3) is 0.312. The van der Waals surface area contributed by atoms with E-state index >= 15 is 0 Å². The SMILES string of the molecule is Nc1nc(Nc2cccc(F)c2)c2ncn(C3CCCCO3)c2n1. The molecule has 24 heavy (non-hydrogen) atoms. The summed E-state index contributed by atoms with van der Waals surface area (Å²) in [6.07, 6.45) is 4.65. The number of nitrogen functional groups attached to an aromatic ring is 1. The van der Waals surface area contributed by atoms with E-state index in [-0.39, 0.29) is 18.0 Å². The quantitative estimate of drug-likeness (QED) is 0.768. The largest absolute Gasteiger partial charge is 0.368 e. The number of anilines is 3. The van der Waals surface area contributed by atoms with Crippen molar-refractivity contribution in [3.05, 3.63) is 36.4 Å². The van der Waals surface area contributed by atoms with Gasteiger partial charge in [-0.2, -0.15) is 9.97 Å². The summed E-state index contributed by atoms with van der Waals surface area (Å²) >= 11 is 0. The number of halogens is 1. The zero-order valence-electron chi connectivity index (χ0n) is 12.9. The molecule has 0 bridgehead atoms. The first-order chi connectivity index (χ1) is 11.7. The lowest BCUT2D eigenvalue weighted by atomic mass is 10.2. The van der Waals surface area contributed by atoms with Gasteiger partial charge >= 0.3 is 0 Å². The Bertz CT molecular complexity index is 874. The van der Waals surface area contributed by atoms with Gasteiger partial charge in [0, 0.05) is 12.3 Å². The van der Waals surface area contributed by atoms with Crippen molar-refractivity contribution in [3.63, 3.8) is 0 Å². The molecule has 7 nitrogen and oxygen atoms in total. The van der Waals surface area contributed by atoms with Crippen molar-refractivity contribution in [1.82, 2.24) is 19.5 Å². The highest BCUT2D eigenvalue weighted by Crippen LogP contribution is 2.29. The van der Waals surface area contributed by atoms with Crippen LogP contribution in [-0.2, 0) is 4.74 Å². The number of nitrogens with one attached hydrogen (secondary N) is 1. The van der Waals surface area contributed by atoms with Gasteiger partial charge in [0.2, 0.25) is 5.95 Å². The molecule has 4 rings (SSSR count). The van der Waals surface area contributed by atoms with Gasteiger partial charge < -0.3 is 15.8 Å². The van der Waals surface area contributed by atoms with E-state index in [2.05, 4.69) is 20.3 Å². The molecule has 2 aromatic heterocycles. The van der Waals surface area contributed by atoms with Crippen molar-refractivity contribution in [3.8, 4) is 0 Å². The Balaban J connectivity index is 1.74. The zero-order valence-corrected chi connectivity index (χ0v) is 12.9. The monoisotopic (exact) mass is 328 g/mol. The van der Waals surface area contributed by atoms with Gasteiger partial charge in [0.05, 0.1) is 6.33 Å². The molecule has 3 N–H and O–H groups in total. The summed E-state index contributed by atoms with van der Waals surface area (Å²) in [6.45, 7) is 0.722. The topological polar surface area (TPSA) is 90.9 Å². The van der Waals surface area contributed by atoms with Crippen molar-refractivity contribution in [1.29, 1.82) is 0 Å². The molecule has 8 heteroatoms. The Kier molecular flexibility index (Phi) is 3.73. The zero-order chi connectivity index (χ0) is 16.5. The predicted molar refractivity (Wildman–Crippen MR) is 88.3 cm³/mol. The minimum atomic E-state index is -0.334. The average Bonchev–Trinajstić information content (AvgIpc) is 2.99. The van der Waals surface area contributed by atoms with Crippen LogP contribution in [0.1, 0.15) is 25.5 Å². The van der Waals surface area contributed by atoms with Gasteiger partial charge in [0.25, 0.3) is 0 Å². The first-order valence-electron chi connectivity index (χ1n) is 7.85. The van der Waals surface area contributed by atoms with Gasteiger partial charge in [-0.3, -0.25) is 4.57 Å². The number of benzene rings is 1. The molecule has 124 valence electrons. The number of fused-ring (bicyclic) bond motifs is 1. The number of hydrogen-bond acceptors (Lipinski definition) is 6. The maximum atomic E-state index is 13.4. The molecule has 0 spiro atoms. The maximum absolute atomic E-state index is 13.4. The maximum Gasteiger partial charge on any atom is 0.224 e. The minimum Gasteiger partial charge on any atom is -0.368 e. The molecule has 1 aliphatic heterocycles. The van der Waals surface area contributed by atoms with E-state index in [0.29, 0.717) is 22.7 Å². The highest BCUT2D eigenvalue weighted by Gasteiger charge is 2.21. The molecule has 3 heterocycles. The summed E-state index contributed by atoms with van der Waals surface area (Å²) in [5, 5.41) is 3.06. The normalized spacial score (nSPS) is 18.0. The minimum absolute atomic E-state index is 0.0972. The average molecular weight is 328 g/mol. The van der Waals surface area contributed by atoms with Gasteiger partial charge in [-0.15, -0.1) is 0 Å². The van der Waals surface area contributed by atoms with Gasteiger partial charge in [-0.05, 0) is 37.5 Å². The van der Waals surface area contributed by atoms with Gasteiger partial charge in [-0.1, -0.05) is 6.07 Å². The Labute approximate surface area is 137 Å². The molecular formula is C16H17FN6O. The van der Waals surface area contributed by atoms with Crippen LogP contribution >= 0.6 is 0 Å². The Morgan fingerprint density at radius 2 is 2.21 bits per heavy atom.